The summed E-state index contributed by atoms with van der Waals surface area (Å²) < 4.78 is 13.1. The lowest BCUT2D eigenvalue weighted by Crippen LogP contribution is -2.66. The number of anilines is 1. The summed E-state index contributed by atoms with van der Waals surface area (Å²) in [5.41, 5.74) is 1.98. The second kappa shape index (κ2) is 9.98. The summed E-state index contributed by atoms with van der Waals surface area (Å²) in [6.45, 7) is 4.09. The van der Waals surface area contributed by atoms with Crippen molar-refractivity contribution >= 4 is 23.1 Å². The average molecular weight is 464 g/mol. The number of benzene rings is 2. The molecule has 0 radical (unpaired) electrons. The number of hydrogen-bond acceptors (Lipinski definition) is 4. The van der Waals surface area contributed by atoms with Crippen molar-refractivity contribution in [2.45, 2.75) is 32.0 Å². The first-order valence-corrected chi connectivity index (χ1v) is 12.7. The van der Waals surface area contributed by atoms with Gasteiger partial charge in [0.1, 0.15) is 18.9 Å². The van der Waals surface area contributed by atoms with Gasteiger partial charge in [0.05, 0.1) is 25.3 Å². The van der Waals surface area contributed by atoms with E-state index in [1.807, 2.05) is 77.5 Å². The Kier molecular flexibility index (Phi) is 6.65. The van der Waals surface area contributed by atoms with E-state index in [0.717, 1.165) is 47.5 Å². The normalized spacial score (nSPS) is 23.8. The van der Waals surface area contributed by atoms with E-state index >= 15 is 0 Å². The molecule has 0 N–H and O–H groups in total. The molecule has 1 aromatic heterocycles. The van der Waals surface area contributed by atoms with Gasteiger partial charge in [-0.3, -0.25) is 9.38 Å². The van der Waals surface area contributed by atoms with Gasteiger partial charge in [-0.15, -0.1) is 0 Å². The molecule has 3 saturated heterocycles. The molecule has 3 aromatic rings. The Balaban J connectivity index is 1.29. The molecule has 6 heteroatoms. The van der Waals surface area contributed by atoms with E-state index < -0.39 is 0 Å². The Morgan fingerprint density at radius 1 is 1.00 bits per heavy atom. The summed E-state index contributed by atoms with van der Waals surface area (Å²) >= 11 is 1.59. The third-order valence-corrected chi connectivity index (χ3v) is 7.79. The van der Waals surface area contributed by atoms with Crippen LogP contribution < -0.4 is 9.64 Å². The molecule has 6 rings (SSSR count). The third-order valence-electron chi connectivity index (χ3n) is 7.12. The molecule has 3 aliphatic rings. The highest BCUT2D eigenvalue weighted by atomic mass is 32.1. The predicted octanol–water partition coefficient (Wildman–Crippen LogP) is 5.93. The number of ether oxygens (including phenoxy) is 2. The zero-order chi connectivity index (χ0) is 22.5. The first kappa shape index (κ1) is 22.0. The molecule has 2 bridgehead atoms. The maximum absolute atomic E-state index is 13.5. The highest BCUT2D eigenvalue weighted by molar-refractivity contribution is 7.08. The Hall–Kier alpha value is -2.83. The van der Waals surface area contributed by atoms with Crippen LogP contribution in [-0.4, -0.2) is 43.0 Å². The van der Waals surface area contributed by atoms with Crippen molar-refractivity contribution in [3.8, 4) is 5.75 Å². The number of carbonyl (C=O) groups excluding carboxylic acids is 1. The number of para-hydroxylation sites is 1. The van der Waals surface area contributed by atoms with Crippen molar-refractivity contribution in [1.82, 2.24) is 0 Å². The van der Waals surface area contributed by atoms with Crippen LogP contribution in [0, 0.1) is 5.92 Å². The highest BCUT2D eigenvalue weighted by Gasteiger charge is 2.49. The van der Waals surface area contributed by atoms with Gasteiger partial charge in [-0.1, -0.05) is 48.5 Å². The lowest BCUT2D eigenvalue weighted by Gasteiger charge is -2.53. The number of nitrogens with zero attached hydrogens (tertiary/aromatic N) is 2. The fraction of sp³-hybridized carbons (Fsp3) is 0.370. The fourth-order valence-corrected chi connectivity index (χ4v) is 5.82. The summed E-state index contributed by atoms with van der Waals surface area (Å²) in [6, 6.07) is 22.0. The minimum absolute atomic E-state index is 0.110. The topological polar surface area (TPSA) is 38.8 Å². The first-order chi connectivity index (χ1) is 16.2. The number of hydrogen-bond donors (Lipinski definition) is 0. The Morgan fingerprint density at radius 3 is 2.42 bits per heavy atom. The van der Waals surface area contributed by atoms with Gasteiger partial charge < -0.3 is 9.47 Å². The van der Waals surface area contributed by atoms with Gasteiger partial charge >= 0.3 is 6.09 Å². The van der Waals surface area contributed by atoms with Crippen molar-refractivity contribution < 1.29 is 18.8 Å². The second-order valence-electron chi connectivity index (χ2n) is 9.12. The lowest BCUT2D eigenvalue weighted by molar-refractivity contribution is -0.983. The number of rotatable bonds is 8. The molecule has 1 atom stereocenters. The van der Waals surface area contributed by atoms with Crippen molar-refractivity contribution in [2.24, 2.45) is 5.92 Å². The smallest absolute Gasteiger partial charge is 0.419 e. The Bertz CT molecular complexity index is 1020. The average Bonchev–Trinajstić information content (AvgIpc) is 3.39. The van der Waals surface area contributed by atoms with E-state index in [9.17, 15) is 4.79 Å². The van der Waals surface area contributed by atoms with Crippen molar-refractivity contribution in [1.29, 1.82) is 0 Å². The fourth-order valence-electron chi connectivity index (χ4n) is 5.18. The molecule has 0 aliphatic carbocycles. The van der Waals surface area contributed by atoms with Crippen LogP contribution in [0.5, 0.6) is 5.75 Å². The van der Waals surface area contributed by atoms with E-state index in [-0.39, 0.29) is 12.3 Å². The van der Waals surface area contributed by atoms with E-state index in [2.05, 4.69) is 0 Å². The summed E-state index contributed by atoms with van der Waals surface area (Å²) in [6.07, 6.45) is 2.99. The Morgan fingerprint density at radius 2 is 1.73 bits per heavy atom. The van der Waals surface area contributed by atoms with Gasteiger partial charge in [0.2, 0.25) is 6.23 Å². The van der Waals surface area contributed by atoms with Gasteiger partial charge in [-0.25, -0.2) is 4.79 Å². The largest absolute Gasteiger partial charge is 0.488 e. The summed E-state index contributed by atoms with van der Waals surface area (Å²) in [7, 11) is 0. The SMILES string of the molecule is O=C(OC1CC2CC[N+]1(CCOc1ccccc1)CC2)N(Cc1ccccc1)c1ccsc1. The molecule has 1 amide bonds. The second-order valence-corrected chi connectivity index (χ2v) is 9.90. The van der Waals surface area contributed by atoms with Gasteiger partial charge in [-0.2, -0.15) is 11.3 Å². The quantitative estimate of drug-likeness (QED) is 0.389. The predicted molar refractivity (Wildman–Crippen MR) is 131 cm³/mol. The summed E-state index contributed by atoms with van der Waals surface area (Å²) in [5, 5.41) is 4.01. The van der Waals surface area contributed by atoms with Crippen LogP contribution in [-0.2, 0) is 11.3 Å². The van der Waals surface area contributed by atoms with Crippen molar-refractivity contribution in [2.75, 3.05) is 31.1 Å². The van der Waals surface area contributed by atoms with Crippen LogP contribution in [0.25, 0.3) is 0 Å². The van der Waals surface area contributed by atoms with Crippen LogP contribution in [0.2, 0.25) is 0 Å². The zero-order valence-corrected chi connectivity index (χ0v) is 19.7. The first-order valence-electron chi connectivity index (χ1n) is 11.8. The number of quaternary nitrogens is 1. The van der Waals surface area contributed by atoms with Gasteiger partial charge in [0, 0.05) is 24.6 Å². The number of carbonyl (C=O) groups is 1. The maximum Gasteiger partial charge on any atom is 0.419 e. The molecule has 3 aliphatic heterocycles. The van der Waals surface area contributed by atoms with E-state index in [0.29, 0.717) is 19.1 Å². The van der Waals surface area contributed by atoms with Crippen LogP contribution in [0.15, 0.2) is 77.5 Å². The minimum Gasteiger partial charge on any atom is -0.488 e. The molecule has 1 unspecified atom stereocenters. The third kappa shape index (κ3) is 5.07. The molecule has 3 fully saturated rings. The molecule has 2 aromatic carbocycles. The molecular weight excluding hydrogens is 432 g/mol. The van der Waals surface area contributed by atoms with Crippen LogP contribution in [0.4, 0.5) is 10.5 Å². The minimum atomic E-state index is -0.253. The van der Waals surface area contributed by atoms with Crippen molar-refractivity contribution in [3.63, 3.8) is 0 Å². The molecule has 172 valence electrons. The lowest BCUT2D eigenvalue weighted by atomic mass is 9.84. The molecule has 5 nitrogen and oxygen atoms in total. The highest BCUT2D eigenvalue weighted by Crippen LogP contribution is 2.39. The molecule has 33 heavy (non-hydrogen) atoms. The van der Waals surface area contributed by atoms with Crippen LogP contribution >= 0.6 is 11.3 Å². The number of amides is 1. The number of thiophene rings is 1. The summed E-state index contributed by atoms with van der Waals surface area (Å²) in [5.74, 6) is 1.55. The van der Waals surface area contributed by atoms with Gasteiger partial charge in [0.15, 0.2) is 0 Å². The summed E-state index contributed by atoms with van der Waals surface area (Å²) in [4.78, 5) is 15.3. The number of fused-ring (bicyclic) bond motifs is 3. The molecule has 4 heterocycles. The Labute approximate surface area is 199 Å². The standard InChI is InChI=1S/C27H31N2O3S/c30-27(28(24-13-18-33-21-24)20-23-7-3-1-4-8-23)32-26-19-22-11-14-29(26,15-12-22)16-17-31-25-9-5-2-6-10-25/h1-10,13,18,21-22,26H,11-12,14-17,19-20H2/q+1. The number of piperidine rings is 3. The van der Waals surface area contributed by atoms with Crippen LogP contribution in [0.3, 0.4) is 0 Å². The molecule has 0 saturated carbocycles. The maximum atomic E-state index is 13.5. The zero-order valence-electron chi connectivity index (χ0n) is 18.8. The van der Waals surface area contributed by atoms with E-state index in [1.165, 1.54) is 12.8 Å². The molecule has 0 spiro atoms. The van der Waals surface area contributed by atoms with Gasteiger partial charge in [-0.05, 0) is 35.1 Å². The van der Waals surface area contributed by atoms with Gasteiger partial charge in [0.25, 0.3) is 0 Å². The van der Waals surface area contributed by atoms with Crippen LogP contribution in [0.1, 0.15) is 24.8 Å². The molecular formula is C27H31N2O3S+. The van der Waals surface area contributed by atoms with E-state index in [4.69, 9.17) is 9.47 Å². The van der Waals surface area contributed by atoms with E-state index in [1.54, 1.807) is 16.2 Å². The monoisotopic (exact) mass is 463 g/mol. The van der Waals surface area contributed by atoms with Crippen molar-refractivity contribution in [3.05, 3.63) is 83.1 Å².